The minimum atomic E-state index is 0.449. The fourth-order valence-corrected chi connectivity index (χ4v) is 3.43. The number of ether oxygens (including phenoxy) is 1. The third-order valence-corrected chi connectivity index (χ3v) is 4.88. The van der Waals surface area contributed by atoms with Crippen molar-refractivity contribution in [2.45, 2.75) is 66.7 Å². The largest absolute Gasteiger partial charge is 0.381 e. The number of rotatable bonds is 8. The third-order valence-electron chi connectivity index (χ3n) is 4.88. The Labute approximate surface area is 127 Å². The summed E-state index contributed by atoms with van der Waals surface area (Å²) < 4.78 is 5.89. The van der Waals surface area contributed by atoms with Gasteiger partial charge in [0.1, 0.15) is 0 Å². The Hall–Kier alpha value is -0.0800. The summed E-state index contributed by atoms with van der Waals surface area (Å²) in [6.45, 7) is 15.9. The van der Waals surface area contributed by atoms with Crippen LogP contribution in [0.5, 0.6) is 0 Å². The van der Waals surface area contributed by atoms with E-state index in [0.717, 1.165) is 43.9 Å². The summed E-state index contributed by atoms with van der Waals surface area (Å²) in [5.41, 5.74) is 0.449. The van der Waals surface area contributed by atoms with E-state index in [0.29, 0.717) is 5.41 Å². The van der Waals surface area contributed by atoms with Gasteiger partial charge < -0.3 is 10.1 Å². The summed E-state index contributed by atoms with van der Waals surface area (Å²) in [6.07, 6.45) is 6.49. The fraction of sp³-hybridized carbons (Fsp3) is 1.00. The third kappa shape index (κ3) is 6.13. The molecule has 0 bridgehead atoms. The molecular weight excluding hydrogens is 246 g/mol. The molecule has 1 aliphatic carbocycles. The van der Waals surface area contributed by atoms with Gasteiger partial charge in [-0.25, -0.2) is 0 Å². The van der Waals surface area contributed by atoms with Crippen molar-refractivity contribution in [1.29, 1.82) is 0 Å². The molecular formula is C18H37NO. The van der Waals surface area contributed by atoms with Crippen molar-refractivity contribution in [2.75, 3.05) is 26.3 Å². The lowest BCUT2D eigenvalue weighted by Crippen LogP contribution is -2.38. The molecule has 120 valence electrons. The second-order valence-corrected chi connectivity index (χ2v) is 7.68. The molecule has 0 heterocycles. The minimum absolute atomic E-state index is 0.449. The van der Waals surface area contributed by atoms with Crippen molar-refractivity contribution in [1.82, 2.24) is 5.32 Å². The highest BCUT2D eigenvalue weighted by Gasteiger charge is 2.35. The van der Waals surface area contributed by atoms with Gasteiger partial charge in [-0.1, -0.05) is 34.6 Å². The van der Waals surface area contributed by atoms with E-state index >= 15 is 0 Å². The van der Waals surface area contributed by atoms with E-state index in [1.54, 1.807) is 0 Å². The van der Waals surface area contributed by atoms with E-state index in [1.165, 1.54) is 32.2 Å². The number of nitrogens with one attached hydrogen (secondary N) is 1. The van der Waals surface area contributed by atoms with Crippen LogP contribution in [0.4, 0.5) is 0 Å². The average Bonchev–Trinajstić information content (AvgIpc) is 2.39. The van der Waals surface area contributed by atoms with E-state index in [2.05, 4.69) is 39.9 Å². The molecule has 1 rings (SSSR count). The van der Waals surface area contributed by atoms with Gasteiger partial charge in [-0.15, -0.1) is 0 Å². The van der Waals surface area contributed by atoms with Crippen molar-refractivity contribution in [3.63, 3.8) is 0 Å². The summed E-state index contributed by atoms with van der Waals surface area (Å²) in [4.78, 5) is 0. The fourth-order valence-electron chi connectivity index (χ4n) is 3.43. The molecule has 0 radical (unpaired) electrons. The molecule has 2 nitrogen and oxygen atoms in total. The van der Waals surface area contributed by atoms with Gasteiger partial charge in [-0.3, -0.25) is 0 Å². The number of hydrogen-bond acceptors (Lipinski definition) is 2. The molecule has 0 aromatic heterocycles. The summed E-state index contributed by atoms with van der Waals surface area (Å²) in [5.74, 6) is 2.43. The quantitative estimate of drug-likeness (QED) is 0.663. The SMILES string of the molecule is CCCNCC1CCC(C(C)(C)C)CC1COCCC. The molecule has 1 N–H and O–H groups in total. The first-order chi connectivity index (χ1) is 9.49. The Morgan fingerprint density at radius 2 is 1.80 bits per heavy atom. The zero-order valence-electron chi connectivity index (χ0n) is 14.5. The first kappa shape index (κ1) is 18.0. The van der Waals surface area contributed by atoms with Gasteiger partial charge >= 0.3 is 0 Å². The molecule has 0 aromatic carbocycles. The Morgan fingerprint density at radius 3 is 2.40 bits per heavy atom. The summed E-state index contributed by atoms with van der Waals surface area (Å²) in [5, 5.41) is 3.62. The van der Waals surface area contributed by atoms with Gasteiger partial charge in [0.05, 0.1) is 0 Å². The van der Waals surface area contributed by atoms with Gasteiger partial charge in [-0.2, -0.15) is 0 Å². The van der Waals surface area contributed by atoms with Crippen LogP contribution in [-0.2, 0) is 4.74 Å². The van der Waals surface area contributed by atoms with Crippen LogP contribution in [0.25, 0.3) is 0 Å². The van der Waals surface area contributed by atoms with E-state index in [1.807, 2.05) is 0 Å². The van der Waals surface area contributed by atoms with Crippen molar-refractivity contribution in [3.8, 4) is 0 Å². The lowest BCUT2D eigenvalue weighted by molar-refractivity contribution is 0.0230. The first-order valence-electron chi connectivity index (χ1n) is 8.77. The topological polar surface area (TPSA) is 21.3 Å². The van der Waals surface area contributed by atoms with E-state index in [-0.39, 0.29) is 0 Å². The van der Waals surface area contributed by atoms with Crippen LogP contribution in [-0.4, -0.2) is 26.3 Å². The maximum Gasteiger partial charge on any atom is 0.0497 e. The molecule has 0 aromatic rings. The zero-order chi connectivity index (χ0) is 15.0. The second kappa shape index (κ2) is 9.04. The normalized spacial score (nSPS) is 27.8. The Balaban J connectivity index is 2.50. The Kier molecular flexibility index (Phi) is 8.13. The molecule has 0 amide bonds. The van der Waals surface area contributed by atoms with Crippen molar-refractivity contribution in [3.05, 3.63) is 0 Å². The van der Waals surface area contributed by atoms with Gasteiger partial charge in [-0.05, 0) is 68.4 Å². The molecule has 1 fully saturated rings. The second-order valence-electron chi connectivity index (χ2n) is 7.68. The molecule has 0 saturated heterocycles. The summed E-state index contributed by atoms with van der Waals surface area (Å²) in [6, 6.07) is 0. The zero-order valence-corrected chi connectivity index (χ0v) is 14.5. The smallest absolute Gasteiger partial charge is 0.0497 e. The van der Waals surface area contributed by atoms with Crippen molar-refractivity contribution < 1.29 is 4.74 Å². The molecule has 3 atom stereocenters. The predicted molar refractivity (Wildman–Crippen MR) is 88.0 cm³/mol. The van der Waals surface area contributed by atoms with Gasteiger partial charge in [0, 0.05) is 13.2 Å². The highest BCUT2D eigenvalue weighted by Crippen LogP contribution is 2.42. The standard InChI is InChI=1S/C18H37NO/c1-6-10-19-13-15-8-9-17(18(3,4)5)12-16(15)14-20-11-7-2/h15-17,19H,6-14H2,1-5H3. The van der Waals surface area contributed by atoms with E-state index in [4.69, 9.17) is 4.74 Å². The van der Waals surface area contributed by atoms with Crippen LogP contribution >= 0.6 is 0 Å². The predicted octanol–water partition coefficient (Wildman–Crippen LogP) is 4.49. The van der Waals surface area contributed by atoms with Crippen molar-refractivity contribution >= 4 is 0 Å². The lowest BCUT2D eigenvalue weighted by atomic mass is 9.65. The molecule has 0 aliphatic heterocycles. The molecule has 1 aliphatic rings. The summed E-state index contributed by atoms with van der Waals surface area (Å²) in [7, 11) is 0. The Bertz CT molecular complexity index is 246. The summed E-state index contributed by atoms with van der Waals surface area (Å²) >= 11 is 0. The molecule has 20 heavy (non-hydrogen) atoms. The van der Waals surface area contributed by atoms with Crippen LogP contribution in [0, 0.1) is 23.2 Å². The molecule has 0 spiro atoms. The monoisotopic (exact) mass is 283 g/mol. The van der Waals surface area contributed by atoms with Gasteiger partial charge in [0.2, 0.25) is 0 Å². The highest BCUT2D eigenvalue weighted by molar-refractivity contribution is 4.86. The van der Waals surface area contributed by atoms with E-state index in [9.17, 15) is 0 Å². The van der Waals surface area contributed by atoms with E-state index < -0.39 is 0 Å². The maximum atomic E-state index is 5.89. The highest BCUT2D eigenvalue weighted by atomic mass is 16.5. The van der Waals surface area contributed by atoms with Crippen LogP contribution in [0.1, 0.15) is 66.7 Å². The van der Waals surface area contributed by atoms with Crippen molar-refractivity contribution in [2.24, 2.45) is 23.2 Å². The molecule has 1 saturated carbocycles. The van der Waals surface area contributed by atoms with Crippen LogP contribution in [0.3, 0.4) is 0 Å². The number of hydrogen-bond donors (Lipinski definition) is 1. The van der Waals surface area contributed by atoms with Crippen LogP contribution < -0.4 is 5.32 Å². The maximum absolute atomic E-state index is 5.89. The average molecular weight is 284 g/mol. The van der Waals surface area contributed by atoms with Gasteiger partial charge in [0.25, 0.3) is 0 Å². The first-order valence-corrected chi connectivity index (χ1v) is 8.77. The molecule has 3 unspecified atom stereocenters. The Morgan fingerprint density at radius 1 is 1.05 bits per heavy atom. The molecule has 2 heteroatoms. The minimum Gasteiger partial charge on any atom is -0.381 e. The van der Waals surface area contributed by atoms with Crippen LogP contribution in [0.15, 0.2) is 0 Å². The van der Waals surface area contributed by atoms with Gasteiger partial charge in [0.15, 0.2) is 0 Å². The lowest BCUT2D eigenvalue weighted by Gasteiger charge is -2.42. The van der Waals surface area contributed by atoms with Crippen LogP contribution in [0.2, 0.25) is 0 Å².